The van der Waals surface area contributed by atoms with Crippen molar-refractivity contribution < 1.29 is 0 Å². The number of nitrogens with one attached hydrogen (secondary N) is 2. The molecule has 1 saturated carbocycles. The summed E-state index contributed by atoms with van der Waals surface area (Å²) in [5.41, 5.74) is 0.275. The first-order chi connectivity index (χ1) is 6.57. The summed E-state index contributed by atoms with van der Waals surface area (Å²) in [4.78, 5) is 13.6. The molecule has 2 rings (SSSR count). The Kier molecular flexibility index (Phi) is 2.21. The van der Waals surface area contributed by atoms with Gasteiger partial charge >= 0.3 is 5.69 Å². The Balaban J connectivity index is 2.06. The number of aromatic amines is 2. The summed E-state index contributed by atoms with van der Waals surface area (Å²) in [5, 5.41) is 6.42. The normalized spacial score (nSPS) is 22.4. The van der Waals surface area contributed by atoms with Crippen molar-refractivity contribution in [2.45, 2.75) is 45.4 Å². The van der Waals surface area contributed by atoms with Gasteiger partial charge in [0.2, 0.25) is 0 Å². The van der Waals surface area contributed by atoms with Gasteiger partial charge in [0, 0.05) is 5.92 Å². The highest BCUT2D eigenvalue weighted by Crippen LogP contribution is 2.41. The summed E-state index contributed by atoms with van der Waals surface area (Å²) in [6.45, 7) is 4.60. The van der Waals surface area contributed by atoms with Gasteiger partial charge in [-0.25, -0.2) is 9.89 Å². The number of rotatable bonds is 1. The van der Waals surface area contributed by atoms with Gasteiger partial charge in [-0.05, 0) is 31.1 Å². The van der Waals surface area contributed by atoms with Crippen LogP contribution in [0.3, 0.4) is 0 Å². The molecule has 0 bridgehead atoms. The summed E-state index contributed by atoms with van der Waals surface area (Å²) in [6.07, 6.45) is 4.70. The highest BCUT2D eigenvalue weighted by atomic mass is 16.1. The van der Waals surface area contributed by atoms with Crippen molar-refractivity contribution in [3.05, 3.63) is 16.3 Å². The topological polar surface area (TPSA) is 61.5 Å². The molecule has 2 N–H and O–H groups in total. The number of aromatic nitrogens is 3. The maximum atomic E-state index is 10.9. The van der Waals surface area contributed by atoms with Crippen LogP contribution in [0.2, 0.25) is 0 Å². The van der Waals surface area contributed by atoms with E-state index in [4.69, 9.17) is 0 Å². The number of nitrogens with zero attached hydrogens (tertiary/aromatic N) is 1. The molecular formula is C10H17N3O. The molecule has 4 heteroatoms. The van der Waals surface area contributed by atoms with E-state index in [1.807, 2.05) is 0 Å². The maximum Gasteiger partial charge on any atom is 0.340 e. The quantitative estimate of drug-likeness (QED) is 0.717. The summed E-state index contributed by atoms with van der Waals surface area (Å²) in [7, 11) is 0. The van der Waals surface area contributed by atoms with Gasteiger partial charge in [-0.1, -0.05) is 13.8 Å². The first kappa shape index (κ1) is 9.49. The highest BCUT2D eigenvalue weighted by molar-refractivity contribution is 4.97. The maximum absolute atomic E-state index is 10.9. The van der Waals surface area contributed by atoms with Gasteiger partial charge in [-0.3, -0.25) is 4.98 Å². The molecule has 78 valence electrons. The lowest BCUT2D eigenvalue weighted by molar-refractivity contribution is 0.221. The van der Waals surface area contributed by atoms with Crippen LogP contribution >= 0.6 is 0 Å². The average Bonchev–Trinajstić information content (AvgIpc) is 2.52. The minimum Gasteiger partial charge on any atom is -0.293 e. The number of H-pyrrole nitrogens is 2. The van der Waals surface area contributed by atoms with E-state index in [1.165, 1.54) is 12.8 Å². The molecule has 1 aliphatic carbocycles. The van der Waals surface area contributed by atoms with Gasteiger partial charge in [0.25, 0.3) is 0 Å². The molecule has 1 aliphatic rings. The summed E-state index contributed by atoms with van der Waals surface area (Å²) in [5.74, 6) is 1.28. The molecule has 0 amide bonds. The number of hydrogen-bond acceptors (Lipinski definition) is 2. The molecule has 14 heavy (non-hydrogen) atoms. The van der Waals surface area contributed by atoms with Crippen LogP contribution in [0.15, 0.2) is 4.79 Å². The smallest absolute Gasteiger partial charge is 0.293 e. The van der Waals surface area contributed by atoms with Gasteiger partial charge in [0.1, 0.15) is 5.82 Å². The van der Waals surface area contributed by atoms with Crippen LogP contribution in [-0.2, 0) is 0 Å². The zero-order valence-corrected chi connectivity index (χ0v) is 8.76. The Morgan fingerprint density at radius 3 is 2.50 bits per heavy atom. The standard InChI is InChI=1S/C10H17N3O/c1-10(2)5-3-7(4-6-10)8-11-9(14)13-12-8/h7H,3-6H2,1-2H3,(H2,11,12,13,14). The zero-order chi connectivity index (χ0) is 10.2. The van der Waals surface area contributed by atoms with Gasteiger partial charge < -0.3 is 0 Å². The lowest BCUT2D eigenvalue weighted by atomic mass is 9.73. The molecule has 0 spiro atoms. The van der Waals surface area contributed by atoms with Crippen LogP contribution in [-0.4, -0.2) is 15.2 Å². The van der Waals surface area contributed by atoms with Gasteiger partial charge in [0.05, 0.1) is 0 Å². The predicted molar refractivity (Wildman–Crippen MR) is 54.2 cm³/mol. The second-order valence-electron chi connectivity index (χ2n) is 5.00. The van der Waals surface area contributed by atoms with Crippen LogP contribution in [0, 0.1) is 5.41 Å². The largest absolute Gasteiger partial charge is 0.340 e. The SMILES string of the molecule is CC1(C)CCC(c2n[nH]c(=O)[nH]2)CC1. The van der Waals surface area contributed by atoms with Gasteiger partial charge in [0.15, 0.2) is 0 Å². The first-order valence-corrected chi connectivity index (χ1v) is 5.21. The molecule has 0 unspecified atom stereocenters. The minimum absolute atomic E-state index is 0.190. The highest BCUT2D eigenvalue weighted by Gasteiger charge is 2.28. The van der Waals surface area contributed by atoms with Crippen molar-refractivity contribution in [3.63, 3.8) is 0 Å². The fraction of sp³-hybridized carbons (Fsp3) is 0.800. The number of hydrogen-bond donors (Lipinski definition) is 2. The van der Waals surface area contributed by atoms with Gasteiger partial charge in [-0.15, -0.1) is 0 Å². The van der Waals surface area contributed by atoms with Crippen molar-refractivity contribution >= 4 is 0 Å². The van der Waals surface area contributed by atoms with Crippen molar-refractivity contribution in [2.24, 2.45) is 5.41 Å². The summed E-state index contributed by atoms with van der Waals surface area (Å²) >= 11 is 0. The van der Waals surface area contributed by atoms with Crippen molar-refractivity contribution in [3.8, 4) is 0 Å². The van der Waals surface area contributed by atoms with E-state index in [0.29, 0.717) is 11.3 Å². The Morgan fingerprint density at radius 1 is 1.36 bits per heavy atom. The molecular weight excluding hydrogens is 178 g/mol. The lowest BCUT2D eigenvalue weighted by Gasteiger charge is -2.33. The van der Waals surface area contributed by atoms with E-state index in [1.54, 1.807) is 0 Å². The fourth-order valence-electron chi connectivity index (χ4n) is 2.15. The molecule has 1 aromatic rings. The van der Waals surface area contributed by atoms with E-state index in [0.717, 1.165) is 18.7 Å². The molecule has 0 atom stereocenters. The third-order valence-electron chi connectivity index (χ3n) is 3.25. The van der Waals surface area contributed by atoms with Gasteiger partial charge in [-0.2, -0.15) is 5.10 Å². The lowest BCUT2D eigenvalue weighted by Crippen LogP contribution is -2.21. The van der Waals surface area contributed by atoms with E-state index < -0.39 is 0 Å². The average molecular weight is 195 g/mol. The monoisotopic (exact) mass is 195 g/mol. The molecule has 1 aromatic heterocycles. The summed E-state index contributed by atoms with van der Waals surface area (Å²) < 4.78 is 0. The molecule has 0 radical (unpaired) electrons. The van der Waals surface area contributed by atoms with Crippen molar-refractivity contribution in [1.82, 2.24) is 15.2 Å². The zero-order valence-electron chi connectivity index (χ0n) is 8.76. The molecule has 1 fully saturated rings. The molecule has 0 saturated heterocycles. The van der Waals surface area contributed by atoms with E-state index in [2.05, 4.69) is 29.0 Å². The first-order valence-electron chi connectivity index (χ1n) is 5.21. The van der Waals surface area contributed by atoms with Crippen LogP contribution < -0.4 is 5.69 Å². The van der Waals surface area contributed by atoms with Crippen LogP contribution in [0.1, 0.15) is 51.3 Å². The third-order valence-corrected chi connectivity index (χ3v) is 3.25. The third kappa shape index (κ3) is 1.89. The second kappa shape index (κ2) is 3.26. The van der Waals surface area contributed by atoms with Crippen LogP contribution in [0.5, 0.6) is 0 Å². The Bertz CT molecular complexity index is 353. The Morgan fingerprint density at radius 2 is 2.00 bits per heavy atom. The molecule has 4 nitrogen and oxygen atoms in total. The minimum atomic E-state index is -0.190. The van der Waals surface area contributed by atoms with E-state index in [9.17, 15) is 4.79 Å². The Hall–Kier alpha value is -1.06. The molecule has 1 heterocycles. The van der Waals surface area contributed by atoms with Crippen molar-refractivity contribution in [1.29, 1.82) is 0 Å². The second-order valence-corrected chi connectivity index (χ2v) is 5.00. The predicted octanol–water partition coefficient (Wildman–Crippen LogP) is 1.78. The molecule has 0 aliphatic heterocycles. The molecule has 0 aromatic carbocycles. The summed E-state index contributed by atoms with van der Waals surface area (Å²) in [6, 6.07) is 0. The van der Waals surface area contributed by atoms with Crippen molar-refractivity contribution in [2.75, 3.05) is 0 Å². The fourth-order valence-corrected chi connectivity index (χ4v) is 2.15. The van der Waals surface area contributed by atoms with E-state index in [-0.39, 0.29) is 5.69 Å². The Labute approximate surface area is 83.1 Å². The van der Waals surface area contributed by atoms with E-state index >= 15 is 0 Å². The van der Waals surface area contributed by atoms with Crippen LogP contribution in [0.25, 0.3) is 0 Å². The van der Waals surface area contributed by atoms with Crippen LogP contribution in [0.4, 0.5) is 0 Å².